The minimum Gasteiger partial charge on any atom is -0.507 e. The van der Waals surface area contributed by atoms with E-state index >= 15 is 0 Å². The number of hydrogen-bond acceptors (Lipinski definition) is 4. The summed E-state index contributed by atoms with van der Waals surface area (Å²) < 4.78 is 4.36. The number of nitrogens with one attached hydrogen (secondary N) is 2. The maximum atomic E-state index is 11.6. The Morgan fingerprint density at radius 1 is 1.24 bits per heavy atom. The molecule has 1 aromatic rings. The highest BCUT2D eigenvalue weighted by Gasteiger charge is 2.09. The van der Waals surface area contributed by atoms with Gasteiger partial charge in [0.15, 0.2) is 0 Å². The molecule has 0 spiro atoms. The largest absolute Gasteiger partial charge is 0.507 e. The summed E-state index contributed by atoms with van der Waals surface area (Å²) in [4.78, 5) is 22.3. The van der Waals surface area contributed by atoms with Crippen LogP contribution in [0.2, 0.25) is 0 Å². The monoisotopic (exact) mass is 238 g/mol. The molecule has 6 heteroatoms. The van der Waals surface area contributed by atoms with Crippen molar-refractivity contribution in [2.24, 2.45) is 0 Å². The maximum absolute atomic E-state index is 11.6. The van der Waals surface area contributed by atoms with E-state index in [-0.39, 0.29) is 24.4 Å². The second kappa shape index (κ2) is 6.37. The summed E-state index contributed by atoms with van der Waals surface area (Å²) in [5.74, 6) is -0.472. The van der Waals surface area contributed by atoms with Crippen LogP contribution in [0.15, 0.2) is 24.3 Å². The number of amides is 2. The molecule has 0 radical (unpaired) electrons. The SMILES string of the molecule is COC(=O)NCCNC(=O)c1ccccc1O. The molecule has 0 atom stereocenters. The molecule has 3 N–H and O–H groups in total. The number of para-hydroxylation sites is 1. The number of phenols is 1. The molecule has 1 rings (SSSR count). The van der Waals surface area contributed by atoms with E-state index in [1.54, 1.807) is 12.1 Å². The molecule has 17 heavy (non-hydrogen) atoms. The molecule has 92 valence electrons. The van der Waals surface area contributed by atoms with Gasteiger partial charge in [-0.05, 0) is 12.1 Å². The molecule has 0 fully saturated rings. The van der Waals surface area contributed by atoms with Crippen molar-refractivity contribution in [1.29, 1.82) is 0 Å². The van der Waals surface area contributed by atoms with Crippen LogP contribution in [0, 0.1) is 0 Å². The normalized spacial score (nSPS) is 9.47. The molecule has 2 amide bonds. The summed E-state index contributed by atoms with van der Waals surface area (Å²) >= 11 is 0. The minimum atomic E-state index is -0.554. The smallest absolute Gasteiger partial charge is 0.406 e. The number of rotatable bonds is 4. The third-order valence-corrected chi connectivity index (χ3v) is 2.01. The fourth-order valence-electron chi connectivity index (χ4n) is 1.17. The quantitative estimate of drug-likeness (QED) is 0.666. The standard InChI is InChI=1S/C11H14N2O4/c1-17-11(16)13-7-6-12-10(15)8-4-2-3-5-9(8)14/h2-5,14H,6-7H2,1H3,(H,12,15)(H,13,16). The molecule has 0 bridgehead atoms. The fourth-order valence-corrected chi connectivity index (χ4v) is 1.17. The lowest BCUT2D eigenvalue weighted by molar-refractivity contribution is 0.0950. The zero-order valence-electron chi connectivity index (χ0n) is 9.40. The van der Waals surface area contributed by atoms with E-state index in [2.05, 4.69) is 15.4 Å². The summed E-state index contributed by atoms with van der Waals surface area (Å²) in [6.45, 7) is 0.508. The Hall–Kier alpha value is -2.24. The van der Waals surface area contributed by atoms with Gasteiger partial charge < -0.3 is 20.5 Å². The number of aromatic hydroxyl groups is 1. The number of ether oxygens (including phenoxy) is 1. The Morgan fingerprint density at radius 2 is 1.88 bits per heavy atom. The highest BCUT2D eigenvalue weighted by molar-refractivity contribution is 5.96. The van der Waals surface area contributed by atoms with Gasteiger partial charge in [0, 0.05) is 13.1 Å². The lowest BCUT2D eigenvalue weighted by Crippen LogP contribution is -2.34. The molecule has 0 aliphatic rings. The Balaban J connectivity index is 2.36. The first-order valence-corrected chi connectivity index (χ1v) is 5.03. The third kappa shape index (κ3) is 4.02. The highest BCUT2D eigenvalue weighted by atomic mass is 16.5. The number of alkyl carbamates (subject to hydrolysis) is 1. The Bertz CT molecular complexity index is 406. The number of phenolic OH excluding ortho intramolecular Hbond substituents is 1. The molecular weight excluding hydrogens is 224 g/mol. The second-order valence-electron chi connectivity index (χ2n) is 3.19. The first kappa shape index (κ1) is 12.8. The van der Waals surface area contributed by atoms with Crippen LogP contribution >= 0.6 is 0 Å². The van der Waals surface area contributed by atoms with Gasteiger partial charge in [0.25, 0.3) is 5.91 Å². The molecule has 0 saturated heterocycles. The van der Waals surface area contributed by atoms with Crippen molar-refractivity contribution in [1.82, 2.24) is 10.6 Å². The topological polar surface area (TPSA) is 87.7 Å². The number of hydrogen-bond donors (Lipinski definition) is 3. The first-order chi connectivity index (χ1) is 8.15. The average Bonchev–Trinajstić information content (AvgIpc) is 2.34. The van der Waals surface area contributed by atoms with Gasteiger partial charge in [0.1, 0.15) is 5.75 Å². The van der Waals surface area contributed by atoms with Crippen molar-refractivity contribution in [2.45, 2.75) is 0 Å². The summed E-state index contributed by atoms with van der Waals surface area (Å²) in [5, 5.41) is 14.4. The molecule has 6 nitrogen and oxygen atoms in total. The van der Waals surface area contributed by atoms with Crippen molar-refractivity contribution < 1.29 is 19.4 Å². The van der Waals surface area contributed by atoms with Crippen LogP contribution in [0.1, 0.15) is 10.4 Å². The summed E-state index contributed by atoms with van der Waals surface area (Å²) in [7, 11) is 1.26. The van der Waals surface area contributed by atoms with Gasteiger partial charge in [-0.2, -0.15) is 0 Å². The fraction of sp³-hybridized carbons (Fsp3) is 0.273. The van der Waals surface area contributed by atoms with Crippen molar-refractivity contribution >= 4 is 12.0 Å². The van der Waals surface area contributed by atoms with Crippen LogP contribution in [0.5, 0.6) is 5.75 Å². The van der Waals surface area contributed by atoms with E-state index in [9.17, 15) is 14.7 Å². The van der Waals surface area contributed by atoms with E-state index < -0.39 is 12.0 Å². The lowest BCUT2D eigenvalue weighted by atomic mass is 10.2. The molecule has 0 aromatic heterocycles. The predicted octanol–water partition coefficient (Wildman–Crippen LogP) is 0.478. The molecule has 0 heterocycles. The van der Waals surface area contributed by atoms with E-state index in [0.29, 0.717) is 0 Å². The summed E-state index contributed by atoms with van der Waals surface area (Å²) in [6, 6.07) is 6.23. The molecule has 0 aliphatic heterocycles. The maximum Gasteiger partial charge on any atom is 0.406 e. The van der Waals surface area contributed by atoms with E-state index in [4.69, 9.17) is 0 Å². The van der Waals surface area contributed by atoms with Crippen LogP contribution in [-0.2, 0) is 4.74 Å². The Labute approximate surface area is 98.6 Å². The summed E-state index contributed by atoms with van der Waals surface area (Å²) in [5.41, 5.74) is 0.200. The average molecular weight is 238 g/mol. The van der Waals surface area contributed by atoms with E-state index in [1.807, 2.05) is 0 Å². The van der Waals surface area contributed by atoms with E-state index in [0.717, 1.165) is 0 Å². The van der Waals surface area contributed by atoms with Crippen LogP contribution < -0.4 is 10.6 Å². The van der Waals surface area contributed by atoms with Gasteiger partial charge in [-0.1, -0.05) is 12.1 Å². The van der Waals surface area contributed by atoms with Crippen molar-refractivity contribution in [3.63, 3.8) is 0 Å². The Kier molecular flexibility index (Phi) is 4.80. The van der Waals surface area contributed by atoms with Gasteiger partial charge in [-0.25, -0.2) is 4.79 Å². The van der Waals surface area contributed by atoms with Crippen LogP contribution in [0.3, 0.4) is 0 Å². The zero-order chi connectivity index (χ0) is 12.7. The number of methoxy groups -OCH3 is 1. The number of carbonyl (C=O) groups is 2. The molecular formula is C11H14N2O4. The third-order valence-electron chi connectivity index (χ3n) is 2.01. The molecule has 0 aliphatic carbocycles. The van der Waals surface area contributed by atoms with Gasteiger partial charge in [-0.15, -0.1) is 0 Å². The van der Waals surface area contributed by atoms with Gasteiger partial charge >= 0.3 is 6.09 Å². The first-order valence-electron chi connectivity index (χ1n) is 5.03. The number of carbonyl (C=O) groups excluding carboxylic acids is 2. The van der Waals surface area contributed by atoms with Crippen LogP contribution in [-0.4, -0.2) is 37.3 Å². The highest BCUT2D eigenvalue weighted by Crippen LogP contribution is 2.14. The van der Waals surface area contributed by atoms with Crippen molar-refractivity contribution in [2.75, 3.05) is 20.2 Å². The second-order valence-corrected chi connectivity index (χ2v) is 3.19. The van der Waals surface area contributed by atoms with Crippen LogP contribution in [0.4, 0.5) is 4.79 Å². The van der Waals surface area contributed by atoms with Gasteiger partial charge in [0.05, 0.1) is 12.7 Å². The van der Waals surface area contributed by atoms with Gasteiger partial charge in [0.2, 0.25) is 0 Å². The van der Waals surface area contributed by atoms with E-state index in [1.165, 1.54) is 19.2 Å². The lowest BCUT2D eigenvalue weighted by Gasteiger charge is -2.07. The molecule has 0 unspecified atom stereocenters. The number of benzene rings is 1. The van der Waals surface area contributed by atoms with Crippen LogP contribution in [0.25, 0.3) is 0 Å². The van der Waals surface area contributed by atoms with Crippen molar-refractivity contribution in [3.05, 3.63) is 29.8 Å². The predicted molar refractivity (Wildman–Crippen MR) is 60.8 cm³/mol. The molecule has 0 saturated carbocycles. The van der Waals surface area contributed by atoms with Crippen molar-refractivity contribution in [3.8, 4) is 5.75 Å². The van der Waals surface area contributed by atoms with Gasteiger partial charge in [-0.3, -0.25) is 4.79 Å². The Morgan fingerprint density at radius 3 is 2.53 bits per heavy atom. The zero-order valence-corrected chi connectivity index (χ0v) is 9.40. The molecule has 1 aromatic carbocycles. The summed E-state index contributed by atoms with van der Waals surface area (Å²) in [6.07, 6.45) is -0.554. The minimum absolute atomic E-state index is 0.0778.